The third-order valence-corrected chi connectivity index (χ3v) is 5.85. The molecule has 0 bridgehead atoms. The predicted octanol–water partition coefficient (Wildman–Crippen LogP) is 4.27. The van der Waals surface area contributed by atoms with Gasteiger partial charge in [0.1, 0.15) is 0 Å². The molecule has 1 aliphatic heterocycles. The molecule has 7 heteroatoms. The van der Waals surface area contributed by atoms with Crippen molar-refractivity contribution in [3.05, 3.63) is 53.6 Å². The van der Waals surface area contributed by atoms with Crippen LogP contribution in [0.3, 0.4) is 0 Å². The lowest BCUT2D eigenvalue weighted by Crippen LogP contribution is -2.37. The molecule has 0 radical (unpaired) electrons. The van der Waals surface area contributed by atoms with Gasteiger partial charge in [-0.15, -0.1) is 0 Å². The number of anilines is 3. The molecule has 0 unspecified atom stereocenters. The van der Waals surface area contributed by atoms with Gasteiger partial charge >= 0.3 is 0 Å². The Hall–Kier alpha value is -3.35. The summed E-state index contributed by atoms with van der Waals surface area (Å²) in [6.45, 7) is 7.59. The summed E-state index contributed by atoms with van der Waals surface area (Å²) in [7, 11) is 0. The van der Waals surface area contributed by atoms with Crippen LogP contribution < -0.4 is 16.0 Å². The molecular formula is C25H32N4O3. The molecule has 0 saturated carbocycles. The highest BCUT2D eigenvalue weighted by Gasteiger charge is 2.21. The van der Waals surface area contributed by atoms with Crippen LogP contribution in [0.4, 0.5) is 17.1 Å². The summed E-state index contributed by atoms with van der Waals surface area (Å²) in [5, 5.41) is 8.82. The molecule has 2 aromatic carbocycles. The number of hydrogen-bond acceptors (Lipinski definition) is 4. The van der Waals surface area contributed by atoms with Gasteiger partial charge in [0.15, 0.2) is 0 Å². The van der Waals surface area contributed by atoms with Gasteiger partial charge in [-0.2, -0.15) is 0 Å². The minimum atomic E-state index is -0.198. The average Bonchev–Trinajstić information content (AvgIpc) is 2.80. The van der Waals surface area contributed by atoms with Crippen molar-refractivity contribution in [3.8, 4) is 0 Å². The molecule has 7 nitrogen and oxygen atoms in total. The Morgan fingerprint density at radius 3 is 2.25 bits per heavy atom. The molecule has 3 N–H and O–H groups in total. The third-order valence-electron chi connectivity index (χ3n) is 5.85. The number of carbonyl (C=O) groups excluding carboxylic acids is 3. The molecule has 1 fully saturated rings. The van der Waals surface area contributed by atoms with Crippen molar-refractivity contribution in [1.82, 2.24) is 4.90 Å². The van der Waals surface area contributed by atoms with Crippen molar-refractivity contribution >= 4 is 34.8 Å². The maximum Gasteiger partial charge on any atom is 0.253 e. The van der Waals surface area contributed by atoms with Gasteiger partial charge in [0.05, 0.1) is 6.54 Å². The first-order valence-electron chi connectivity index (χ1n) is 11.2. The molecule has 3 rings (SSSR count). The van der Waals surface area contributed by atoms with E-state index in [4.69, 9.17) is 0 Å². The van der Waals surface area contributed by atoms with Crippen LogP contribution in [0, 0.1) is 12.8 Å². The fraction of sp³-hybridized carbons (Fsp3) is 0.400. The zero-order valence-corrected chi connectivity index (χ0v) is 19.0. The normalized spacial score (nSPS) is 14.0. The summed E-state index contributed by atoms with van der Waals surface area (Å²) in [6.07, 6.45) is 2.49. The maximum atomic E-state index is 12.6. The van der Waals surface area contributed by atoms with E-state index in [-0.39, 0.29) is 24.3 Å². The lowest BCUT2D eigenvalue weighted by atomic mass is 9.98. The fourth-order valence-corrected chi connectivity index (χ4v) is 3.67. The number of nitrogens with one attached hydrogen (secondary N) is 3. The van der Waals surface area contributed by atoms with Crippen molar-refractivity contribution in [3.63, 3.8) is 0 Å². The first-order chi connectivity index (χ1) is 15.4. The zero-order chi connectivity index (χ0) is 23.1. The fourth-order valence-electron chi connectivity index (χ4n) is 3.67. The van der Waals surface area contributed by atoms with Gasteiger partial charge in [0.25, 0.3) is 5.91 Å². The molecule has 1 aliphatic rings. The number of piperidine rings is 1. The van der Waals surface area contributed by atoms with Gasteiger partial charge in [0, 0.05) is 42.1 Å². The van der Waals surface area contributed by atoms with Crippen LogP contribution in [-0.2, 0) is 9.59 Å². The van der Waals surface area contributed by atoms with Crippen LogP contribution in [0.2, 0.25) is 0 Å². The highest BCUT2D eigenvalue weighted by Crippen LogP contribution is 2.23. The standard InChI is InChI=1S/C25H32N4O3/c1-4-23(30)28-22-7-5-6-21(18(22)3)26-16-24(31)27-20-10-8-19(9-11-20)25(32)29-14-12-17(2)13-15-29/h5-11,17,26H,4,12-16H2,1-3H3,(H,27,31)(H,28,30). The van der Waals surface area contributed by atoms with Crippen molar-refractivity contribution in [2.75, 3.05) is 35.6 Å². The lowest BCUT2D eigenvalue weighted by Gasteiger charge is -2.30. The summed E-state index contributed by atoms with van der Waals surface area (Å²) in [5.74, 6) is 0.463. The molecule has 3 amide bonds. The Morgan fingerprint density at radius 2 is 1.59 bits per heavy atom. The lowest BCUT2D eigenvalue weighted by molar-refractivity contribution is -0.116. The second-order valence-electron chi connectivity index (χ2n) is 8.33. The van der Waals surface area contributed by atoms with Gasteiger partial charge in [-0.1, -0.05) is 19.9 Å². The van der Waals surface area contributed by atoms with E-state index in [1.807, 2.05) is 30.0 Å². The first kappa shape index (κ1) is 23.3. The van der Waals surface area contributed by atoms with Crippen LogP contribution in [-0.4, -0.2) is 42.3 Å². The smallest absolute Gasteiger partial charge is 0.253 e. The van der Waals surface area contributed by atoms with Gasteiger partial charge in [-0.3, -0.25) is 14.4 Å². The van der Waals surface area contributed by atoms with Gasteiger partial charge in [0.2, 0.25) is 11.8 Å². The van der Waals surface area contributed by atoms with Crippen LogP contribution in [0.5, 0.6) is 0 Å². The second-order valence-corrected chi connectivity index (χ2v) is 8.33. The van der Waals surface area contributed by atoms with E-state index in [1.54, 1.807) is 31.2 Å². The Kier molecular flexibility index (Phi) is 7.87. The number of likely N-dealkylation sites (tertiary alicyclic amines) is 1. The highest BCUT2D eigenvalue weighted by atomic mass is 16.2. The van der Waals surface area contributed by atoms with Gasteiger partial charge in [-0.05, 0) is 67.6 Å². The van der Waals surface area contributed by atoms with Crippen LogP contribution in [0.25, 0.3) is 0 Å². The van der Waals surface area contributed by atoms with Crippen LogP contribution in [0.1, 0.15) is 49.0 Å². The molecule has 1 heterocycles. The SMILES string of the molecule is CCC(=O)Nc1cccc(NCC(=O)Nc2ccc(C(=O)N3CCC(C)CC3)cc2)c1C. The number of hydrogen-bond donors (Lipinski definition) is 3. The predicted molar refractivity (Wildman–Crippen MR) is 128 cm³/mol. The molecule has 2 aromatic rings. The van der Waals surface area contributed by atoms with E-state index in [0.717, 1.165) is 42.9 Å². The molecular weight excluding hydrogens is 404 g/mol. The van der Waals surface area contributed by atoms with Gasteiger partial charge < -0.3 is 20.9 Å². The van der Waals surface area contributed by atoms with E-state index in [0.29, 0.717) is 23.6 Å². The average molecular weight is 437 g/mol. The molecule has 170 valence electrons. The monoisotopic (exact) mass is 436 g/mol. The Morgan fingerprint density at radius 1 is 0.938 bits per heavy atom. The number of amides is 3. The molecule has 1 saturated heterocycles. The van der Waals surface area contributed by atoms with E-state index < -0.39 is 0 Å². The summed E-state index contributed by atoms with van der Waals surface area (Å²) >= 11 is 0. The summed E-state index contributed by atoms with van der Waals surface area (Å²) < 4.78 is 0. The van der Waals surface area contributed by atoms with Crippen molar-refractivity contribution in [1.29, 1.82) is 0 Å². The van der Waals surface area contributed by atoms with Crippen molar-refractivity contribution in [2.45, 2.75) is 40.0 Å². The van der Waals surface area contributed by atoms with E-state index >= 15 is 0 Å². The molecule has 0 aromatic heterocycles. The van der Waals surface area contributed by atoms with Crippen LogP contribution >= 0.6 is 0 Å². The largest absolute Gasteiger partial charge is 0.376 e. The zero-order valence-electron chi connectivity index (χ0n) is 19.0. The van der Waals surface area contributed by atoms with E-state index in [2.05, 4.69) is 22.9 Å². The topological polar surface area (TPSA) is 90.5 Å². The van der Waals surface area contributed by atoms with E-state index in [1.165, 1.54) is 0 Å². The van der Waals surface area contributed by atoms with Crippen molar-refractivity contribution < 1.29 is 14.4 Å². The highest BCUT2D eigenvalue weighted by molar-refractivity contribution is 5.97. The Bertz CT molecular complexity index is 964. The Labute approximate surface area is 189 Å². The van der Waals surface area contributed by atoms with E-state index in [9.17, 15) is 14.4 Å². The third kappa shape index (κ3) is 6.09. The number of rotatable bonds is 7. The Balaban J connectivity index is 1.53. The van der Waals surface area contributed by atoms with Gasteiger partial charge in [-0.25, -0.2) is 0 Å². The number of benzene rings is 2. The van der Waals surface area contributed by atoms with Crippen LogP contribution in [0.15, 0.2) is 42.5 Å². The molecule has 0 aliphatic carbocycles. The second kappa shape index (κ2) is 10.8. The summed E-state index contributed by atoms with van der Waals surface area (Å²) in [4.78, 5) is 38.6. The van der Waals surface area contributed by atoms with Crippen molar-refractivity contribution in [2.24, 2.45) is 5.92 Å². The first-order valence-corrected chi connectivity index (χ1v) is 11.2. The summed E-state index contributed by atoms with van der Waals surface area (Å²) in [5.41, 5.74) is 3.66. The number of nitrogens with zero attached hydrogens (tertiary/aromatic N) is 1. The molecule has 32 heavy (non-hydrogen) atoms. The molecule has 0 spiro atoms. The summed E-state index contributed by atoms with van der Waals surface area (Å²) in [6, 6.07) is 12.6. The number of carbonyl (C=O) groups is 3. The molecule has 0 atom stereocenters. The minimum absolute atomic E-state index is 0.0435. The quantitative estimate of drug-likeness (QED) is 0.605. The maximum absolute atomic E-state index is 12.6. The minimum Gasteiger partial charge on any atom is -0.376 e.